The molecule has 0 amide bonds. The summed E-state index contributed by atoms with van der Waals surface area (Å²) in [6.07, 6.45) is 3.14. The molecule has 2 aromatic carbocycles. The Bertz CT molecular complexity index is 1090. The van der Waals surface area contributed by atoms with Crippen molar-refractivity contribution in [1.29, 1.82) is 0 Å². The fraction of sp³-hybridized carbons (Fsp3) is 0.304. The van der Waals surface area contributed by atoms with Crippen LogP contribution in [0.1, 0.15) is 44.7 Å². The van der Waals surface area contributed by atoms with E-state index in [2.05, 4.69) is 10.6 Å². The van der Waals surface area contributed by atoms with Crippen molar-refractivity contribution in [2.45, 2.75) is 32.7 Å². The van der Waals surface area contributed by atoms with Crippen LogP contribution in [0.15, 0.2) is 36.4 Å². The van der Waals surface area contributed by atoms with Crippen LogP contribution in [0.25, 0.3) is 22.2 Å². The van der Waals surface area contributed by atoms with Crippen LogP contribution in [0.4, 0.5) is 0 Å². The zero-order valence-corrected chi connectivity index (χ0v) is 16.4. The van der Waals surface area contributed by atoms with Crippen LogP contribution < -0.4 is 0 Å². The zero-order valence-electron chi connectivity index (χ0n) is 16.4. The average molecular weight is 377 g/mol. The van der Waals surface area contributed by atoms with Crippen LogP contribution in [0.2, 0.25) is 0 Å². The van der Waals surface area contributed by atoms with Crippen molar-refractivity contribution < 1.29 is 19.1 Å². The second kappa shape index (κ2) is 7.15. The third-order valence-electron chi connectivity index (χ3n) is 5.61. The smallest absolute Gasteiger partial charge is 0.338 e. The van der Waals surface area contributed by atoms with Crippen LogP contribution in [-0.4, -0.2) is 30.7 Å². The number of aromatic nitrogens is 1. The Morgan fingerprint density at radius 1 is 0.964 bits per heavy atom. The molecule has 0 bridgehead atoms. The van der Waals surface area contributed by atoms with Gasteiger partial charge in [-0.25, -0.2) is 9.59 Å². The predicted molar refractivity (Wildman–Crippen MR) is 108 cm³/mol. The van der Waals surface area contributed by atoms with E-state index in [0.717, 1.165) is 53.5 Å². The summed E-state index contributed by atoms with van der Waals surface area (Å²) in [5.74, 6) is -0.664. The normalized spacial score (nSPS) is 13.2. The molecule has 0 fully saturated rings. The molecule has 0 saturated heterocycles. The molecule has 0 unspecified atom stereocenters. The lowest BCUT2D eigenvalue weighted by atomic mass is 9.91. The van der Waals surface area contributed by atoms with Gasteiger partial charge in [0.05, 0.1) is 25.3 Å². The first kappa shape index (κ1) is 18.3. The molecule has 0 atom stereocenters. The molecule has 0 aliphatic carbocycles. The van der Waals surface area contributed by atoms with E-state index in [4.69, 9.17) is 9.47 Å². The number of nitrogens with zero attached hydrogens (tertiary/aromatic N) is 1. The second-order valence-corrected chi connectivity index (χ2v) is 7.17. The molecule has 144 valence electrons. The number of hydrogen-bond donors (Lipinski definition) is 0. The summed E-state index contributed by atoms with van der Waals surface area (Å²) in [5.41, 5.74) is 6.56. The van der Waals surface area contributed by atoms with E-state index in [1.165, 1.54) is 19.8 Å². The zero-order chi connectivity index (χ0) is 19.8. The quantitative estimate of drug-likeness (QED) is 0.616. The summed E-state index contributed by atoms with van der Waals surface area (Å²) in [5, 5.41) is 0.994. The lowest BCUT2D eigenvalue weighted by molar-refractivity contribution is 0.0591. The van der Waals surface area contributed by atoms with Crippen molar-refractivity contribution in [3.05, 3.63) is 58.7 Å². The summed E-state index contributed by atoms with van der Waals surface area (Å²) in [6.45, 7) is 2.88. The van der Waals surface area contributed by atoms with Crippen LogP contribution in [0.5, 0.6) is 0 Å². The van der Waals surface area contributed by atoms with Crippen molar-refractivity contribution in [1.82, 2.24) is 4.57 Å². The highest BCUT2D eigenvalue weighted by Crippen LogP contribution is 2.37. The first-order valence-corrected chi connectivity index (χ1v) is 9.48. The minimum atomic E-state index is -0.343. The van der Waals surface area contributed by atoms with Gasteiger partial charge in [0.25, 0.3) is 0 Å². The first-order chi connectivity index (χ1) is 13.5. The van der Waals surface area contributed by atoms with Gasteiger partial charge < -0.3 is 14.0 Å². The van der Waals surface area contributed by atoms with Gasteiger partial charge >= 0.3 is 11.9 Å². The maximum atomic E-state index is 12.2. The third-order valence-corrected chi connectivity index (χ3v) is 5.61. The van der Waals surface area contributed by atoms with Crippen molar-refractivity contribution in [3.63, 3.8) is 0 Å². The SMILES string of the molecule is COC(=O)c1ccc2c(c1)cc1n2CCCCc2ccc(C(=O)OC)c(C)c2-1. The molecular formula is C23H23NO4. The van der Waals surface area contributed by atoms with Crippen molar-refractivity contribution in [2.75, 3.05) is 14.2 Å². The van der Waals surface area contributed by atoms with Gasteiger partial charge in [-0.3, -0.25) is 0 Å². The van der Waals surface area contributed by atoms with E-state index in [0.29, 0.717) is 11.1 Å². The number of fused-ring (bicyclic) bond motifs is 5. The Morgan fingerprint density at radius 2 is 1.75 bits per heavy atom. The maximum absolute atomic E-state index is 12.2. The van der Waals surface area contributed by atoms with Gasteiger partial charge in [-0.1, -0.05) is 6.07 Å². The molecule has 1 aliphatic rings. The Labute approximate surface area is 163 Å². The number of ether oxygens (including phenoxy) is 2. The Hall–Kier alpha value is -3.08. The predicted octanol–water partition coefficient (Wildman–Crippen LogP) is 4.53. The Kier molecular flexibility index (Phi) is 4.67. The van der Waals surface area contributed by atoms with Crippen molar-refractivity contribution in [2.24, 2.45) is 0 Å². The van der Waals surface area contributed by atoms with Crippen molar-refractivity contribution >= 4 is 22.8 Å². The number of esters is 2. The number of carbonyl (C=O) groups excluding carboxylic acids is 2. The summed E-state index contributed by atoms with van der Waals surface area (Å²) >= 11 is 0. The van der Waals surface area contributed by atoms with Crippen molar-refractivity contribution in [3.8, 4) is 11.3 Å². The molecule has 28 heavy (non-hydrogen) atoms. The van der Waals surface area contributed by atoms with E-state index in [-0.39, 0.29) is 11.9 Å². The first-order valence-electron chi connectivity index (χ1n) is 9.48. The monoisotopic (exact) mass is 377 g/mol. The minimum Gasteiger partial charge on any atom is -0.465 e. The standard InChI is InChI=1S/C23H23NO4/c1-14-18(23(26)28-3)9-7-15-6-4-5-11-24-19-10-8-16(22(25)27-2)12-17(19)13-20(24)21(14)15/h7-10,12-13H,4-6,11H2,1-3H3. The highest BCUT2D eigenvalue weighted by Gasteiger charge is 2.22. The lowest BCUT2D eigenvalue weighted by Crippen LogP contribution is -2.11. The molecule has 0 spiro atoms. The van der Waals surface area contributed by atoms with Crippen LogP contribution in [-0.2, 0) is 22.4 Å². The molecule has 5 nitrogen and oxygen atoms in total. The molecule has 4 rings (SSSR count). The lowest BCUT2D eigenvalue weighted by Gasteiger charge is -2.21. The molecule has 0 radical (unpaired) electrons. The van der Waals surface area contributed by atoms with Crippen LogP contribution in [0, 0.1) is 6.92 Å². The number of aryl methyl sites for hydroxylation is 2. The van der Waals surface area contributed by atoms with Gasteiger partial charge in [-0.2, -0.15) is 0 Å². The Morgan fingerprint density at radius 3 is 2.50 bits per heavy atom. The summed E-state index contributed by atoms with van der Waals surface area (Å²) in [7, 11) is 2.80. The van der Waals surface area contributed by atoms with Crippen LogP contribution >= 0.6 is 0 Å². The molecule has 3 aromatic rings. The largest absolute Gasteiger partial charge is 0.465 e. The molecule has 1 aromatic heterocycles. The molecule has 1 aliphatic heterocycles. The van der Waals surface area contributed by atoms with E-state index in [9.17, 15) is 9.59 Å². The molecule has 0 N–H and O–H groups in total. The summed E-state index contributed by atoms with van der Waals surface area (Å²) in [4.78, 5) is 24.2. The van der Waals surface area contributed by atoms with E-state index in [1.54, 1.807) is 6.07 Å². The number of carbonyl (C=O) groups is 2. The minimum absolute atomic E-state index is 0.321. The molecule has 5 heteroatoms. The maximum Gasteiger partial charge on any atom is 0.338 e. The molecular weight excluding hydrogens is 354 g/mol. The number of rotatable bonds is 2. The fourth-order valence-electron chi connectivity index (χ4n) is 4.21. The average Bonchev–Trinajstić information content (AvgIpc) is 3.04. The van der Waals surface area contributed by atoms with E-state index >= 15 is 0 Å². The number of methoxy groups -OCH3 is 2. The van der Waals surface area contributed by atoms with Gasteiger partial charge in [-0.15, -0.1) is 0 Å². The molecule has 2 heterocycles. The Balaban J connectivity index is 1.98. The van der Waals surface area contributed by atoms with E-state index in [1.807, 2.05) is 31.2 Å². The van der Waals surface area contributed by atoms with Crippen LogP contribution in [0.3, 0.4) is 0 Å². The summed E-state index contributed by atoms with van der Waals surface area (Å²) in [6, 6.07) is 11.7. The second-order valence-electron chi connectivity index (χ2n) is 7.17. The van der Waals surface area contributed by atoms with Gasteiger partial charge in [0.15, 0.2) is 0 Å². The topological polar surface area (TPSA) is 57.5 Å². The number of hydrogen-bond acceptors (Lipinski definition) is 4. The highest BCUT2D eigenvalue weighted by atomic mass is 16.5. The highest BCUT2D eigenvalue weighted by molar-refractivity contribution is 5.98. The van der Waals surface area contributed by atoms with Gasteiger partial charge in [0.1, 0.15) is 0 Å². The fourth-order valence-corrected chi connectivity index (χ4v) is 4.21. The van der Waals surface area contributed by atoms with E-state index < -0.39 is 0 Å². The molecule has 0 saturated carbocycles. The summed E-state index contributed by atoms with van der Waals surface area (Å²) < 4.78 is 12.1. The van der Waals surface area contributed by atoms with Gasteiger partial charge in [0, 0.05) is 28.7 Å². The third kappa shape index (κ3) is 2.87. The van der Waals surface area contributed by atoms with Gasteiger partial charge in [-0.05, 0) is 67.6 Å². The van der Waals surface area contributed by atoms with Gasteiger partial charge in [0.2, 0.25) is 0 Å². The number of benzene rings is 2.